The van der Waals surface area contributed by atoms with E-state index in [4.69, 9.17) is 10.8 Å². The van der Waals surface area contributed by atoms with Gasteiger partial charge in [0.2, 0.25) is 5.91 Å². The average Bonchev–Trinajstić information content (AvgIpc) is 2.12. The van der Waals surface area contributed by atoms with Crippen LogP contribution in [-0.4, -0.2) is 30.2 Å². The molecular formula is C8H18N2O2. The van der Waals surface area contributed by atoms with Crippen LogP contribution in [-0.2, 0) is 4.79 Å². The lowest BCUT2D eigenvalue weighted by molar-refractivity contribution is -0.125. The number of hydrogen-bond acceptors (Lipinski definition) is 3. The zero-order valence-corrected chi connectivity index (χ0v) is 7.71. The summed E-state index contributed by atoms with van der Waals surface area (Å²) in [4.78, 5) is 11.2. The van der Waals surface area contributed by atoms with E-state index in [1.807, 2.05) is 6.92 Å². The van der Waals surface area contributed by atoms with Crippen molar-refractivity contribution in [3.05, 3.63) is 0 Å². The van der Waals surface area contributed by atoms with Crippen molar-refractivity contribution < 1.29 is 9.90 Å². The van der Waals surface area contributed by atoms with Crippen molar-refractivity contribution in [3.63, 3.8) is 0 Å². The highest BCUT2D eigenvalue weighted by molar-refractivity contribution is 5.78. The first-order chi connectivity index (χ1) is 5.65. The smallest absolute Gasteiger partial charge is 0.224 e. The van der Waals surface area contributed by atoms with E-state index in [1.54, 1.807) is 6.92 Å². The minimum Gasteiger partial charge on any atom is -0.394 e. The molecule has 0 aromatic carbocycles. The fourth-order valence-corrected chi connectivity index (χ4v) is 0.727. The van der Waals surface area contributed by atoms with Crippen LogP contribution in [0.3, 0.4) is 0 Å². The number of carbonyl (C=O) groups excluding carboxylic acids is 1. The minimum absolute atomic E-state index is 0.0144. The molecule has 0 radical (unpaired) electrons. The second kappa shape index (κ2) is 5.97. The van der Waals surface area contributed by atoms with Crippen LogP contribution < -0.4 is 11.1 Å². The number of carbonyl (C=O) groups is 1. The Kier molecular flexibility index (Phi) is 5.66. The number of nitrogens with two attached hydrogens (primary N) is 1. The predicted octanol–water partition coefficient (Wildman–Crippen LogP) is -0.532. The van der Waals surface area contributed by atoms with Gasteiger partial charge in [0.15, 0.2) is 0 Å². The molecule has 0 aromatic heterocycles. The number of amides is 1. The molecule has 0 aliphatic carbocycles. The number of aliphatic hydroxyl groups excluding tert-OH is 1. The highest BCUT2D eigenvalue weighted by Crippen LogP contribution is 1.95. The van der Waals surface area contributed by atoms with E-state index in [-0.39, 0.29) is 24.5 Å². The fourth-order valence-electron chi connectivity index (χ4n) is 0.727. The molecule has 12 heavy (non-hydrogen) atoms. The monoisotopic (exact) mass is 174 g/mol. The van der Waals surface area contributed by atoms with Gasteiger partial charge in [-0.1, -0.05) is 13.8 Å². The Morgan fingerprint density at radius 2 is 2.25 bits per heavy atom. The van der Waals surface area contributed by atoms with Gasteiger partial charge in [0.05, 0.1) is 12.6 Å². The third-order valence-electron chi connectivity index (χ3n) is 1.86. The van der Waals surface area contributed by atoms with Gasteiger partial charge in [-0.3, -0.25) is 4.79 Å². The van der Waals surface area contributed by atoms with Gasteiger partial charge in [-0.2, -0.15) is 0 Å². The summed E-state index contributed by atoms with van der Waals surface area (Å²) in [5.74, 6) is -0.260. The first kappa shape index (κ1) is 11.4. The molecular weight excluding hydrogens is 156 g/mol. The zero-order valence-electron chi connectivity index (χ0n) is 7.71. The summed E-state index contributed by atoms with van der Waals surface area (Å²) in [5.41, 5.74) is 5.31. The average molecular weight is 174 g/mol. The molecule has 0 saturated heterocycles. The van der Waals surface area contributed by atoms with Gasteiger partial charge >= 0.3 is 0 Å². The summed E-state index contributed by atoms with van der Waals surface area (Å²) in [6.07, 6.45) is 0.736. The van der Waals surface area contributed by atoms with Crippen molar-refractivity contribution in [3.8, 4) is 0 Å². The molecule has 4 N–H and O–H groups in total. The van der Waals surface area contributed by atoms with Gasteiger partial charge < -0.3 is 16.2 Å². The number of hydrogen-bond donors (Lipinski definition) is 3. The fraction of sp³-hybridized carbons (Fsp3) is 0.875. The lowest BCUT2D eigenvalue weighted by atomic mass is 10.1. The Balaban J connectivity index is 3.81. The van der Waals surface area contributed by atoms with Crippen LogP contribution >= 0.6 is 0 Å². The molecule has 0 aliphatic rings. The molecule has 0 rings (SSSR count). The summed E-state index contributed by atoms with van der Waals surface area (Å²) in [5, 5.41) is 11.5. The molecule has 0 aromatic rings. The molecule has 0 saturated carbocycles. The molecule has 2 atom stereocenters. The maximum atomic E-state index is 11.2. The third kappa shape index (κ3) is 3.69. The molecule has 0 fully saturated rings. The lowest BCUT2D eigenvalue weighted by Gasteiger charge is -2.16. The molecule has 1 amide bonds. The third-order valence-corrected chi connectivity index (χ3v) is 1.86. The highest BCUT2D eigenvalue weighted by atomic mass is 16.3. The van der Waals surface area contributed by atoms with Crippen LogP contribution in [0.4, 0.5) is 0 Å². The summed E-state index contributed by atoms with van der Waals surface area (Å²) < 4.78 is 0. The van der Waals surface area contributed by atoms with Crippen molar-refractivity contribution in [1.29, 1.82) is 0 Å². The molecule has 0 bridgehead atoms. The highest BCUT2D eigenvalue weighted by Gasteiger charge is 2.14. The van der Waals surface area contributed by atoms with Crippen molar-refractivity contribution in [2.45, 2.75) is 26.3 Å². The summed E-state index contributed by atoms with van der Waals surface area (Å²) in [6, 6.07) is -0.133. The van der Waals surface area contributed by atoms with E-state index < -0.39 is 0 Å². The SMILES string of the molecule is CC[C@@H](CO)NC(=O)C(C)CN. The maximum absolute atomic E-state index is 11.2. The van der Waals surface area contributed by atoms with E-state index in [0.717, 1.165) is 6.42 Å². The number of rotatable bonds is 5. The van der Waals surface area contributed by atoms with Crippen molar-refractivity contribution in [2.75, 3.05) is 13.2 Å². The van der Waals surface area contributed by atoms with E-state index in [1.165, 1.54) is 0 Å². The molecule has 72 valence electrons. The standard InChI is InChI=1S/C8H18N2O2/c1-3-7(5-11)10-8(12)6(2)4-9/h6-7,11H,3-5,9H2,1-2H3,(H,10,12)/t6?,7-/m0/s1. The molecule has 1 unspecified atom stereocenters. The molecule has 4 heteroatoms. The number of nitrogens with one attached hydrogen (secondary N) is 1. The Morgan fingerprint density at radius 3 is 2.58 bits per heavy atom. The Bertz CT molecular complexity index is 135. The van der Waals surface area contributed by atoms with Crippen molar-refractivity contribution in [1.82, 2.24) is 5.32 Å². The first-order valence-electron chi connectivity index (χ1n) is 4.27. The predicted molar refractivity (Wildman–Crippen MR) is 47.5 cm³/mol. The zero-order chi connectivity index (χ0) is 9.56. The largest absolute Gasteiger partial charge is 0.394 e. The van der Waals surface area contributed by atoms with Crippen LogP contribution in [0.2, 0.25) is 0 Å². The summed E-state index contributed by atoms with van der Waals surface area (Å²) >= 11 is 0. The first-order valence-corrected chi connectivity index (χ1v) is 4.27. The Morgan fingerprint density at radius 1 is 1.67 bits per heavy atom. The number of aliphatic hydroxyl groups is 1. The quantitative estimate of drug-likeness (QED) is 0.524. The van der Waals surface area contributed by atoms with Gasteiger partial charge in [-0.15, -0.1) is 0 Å². The lowest BCUT2D eigenvalue weighted by Crippen LogP contribution is -2.41. The van der Waals surface area contributed by atoms with E-state index in [0.29, 0.717) is 6.54 Å². The van der Waals surface area contributed by atoms with Gasteiger partial charge in [0, 0.05) is 12.5 Å². The van der Waals surface area contributed by atoms with Gasteiger partial charge in [0.1, 0.15) is 0 Å². The van der Waals surface area contributed by atoms with Crippen LogP contribution in [0.1, 0.15) is 20.3 Å². The van der Waals surface area contributed by atoms with Crippen LogP contribution in [0.25, 0.3) is 0 Å². The summed E-state index contributed by atoms with van der Waals surface area (Å²) in [6.45, 7) is 4.00. The van der Waals surface area contributed by atoms with E-state index in [9.17, 15) is 4.79 Å². The van der Waals surface area contributed by atoms with Crippen LogP contribution in [0.15, 0.2) is 0 Å². The van der Waals surface area contributed by atoms with E-state index in [2.05, 4.69) is 5.32 Å². The van der Waals surface area contributed by atoms with E-state index >= 15 is 0 Å². The molecule has 4 nitrogen and oxygen atoms in total. The topological polar surface area (TPSA) is 75.3 Å². The second-order valence-corrected chi connectivity index (χ2v) is 2.93. The second-order valence-electron chi connectivity index (χ2n) is 2.93. The van der Waals surface area contributed by atoms with Gasteiger partial charge in [-0.25, -0.2) is 0 Å². The molecule has 0 aliphatic heterocycles. The van der Waals surface area contributed by atoms with Crippen molar-refractivity contribution in [2.24, 2.45) is 11.7 Å². The maximum Gasteiger partial charge on any atom is 0.224 e. The Hall–Kier alpha value is -0.610. The molecule has 0 heterocycles. The van der Waals surface area contributed by atoms with Crippen LogP contribution in [0, 0.1) is 5.92 Å². The van der Waals surface area contributed by atoms with Gasteiger partial charge in [-0.05, 0) is 6.42 Å². The van der Waals surface area contributed by atoms with Gasteiger partial charge in [0.25, 0.3) is 0 Å². The minimum atomic E-state index is -0.175. The molecule has 0 spiro atoms. The van der Waals surface area contributed by atoms with Crippen molar-refractivity contribution >= 4 is 5.91 Å². The van der Waals surface area contributed by atoms with Crippen LogP contribution in [0.5, 0.6) is 0 Å². The Labute approximate surface area is 73.1 Å². The normalized spacial score (nSPS) is 15.3. The summed E-state index contributed by atoms with van der Waals surface area (Å²) in [7, 11) is 0.